The number of halogens is 1. The van der Waals surface area contributed by atoms with Crippen molar-refractivity contribution >= 4 is 11.6 Å². The minimum atomic E-state index is -0.690. The van der Waals surface area contributed by atoms with Gasteiger partial charge in [-0.1, -0.05) is 24.1 Å². The van der Waals surface area contributed by atoms with Crippen LogP contribution in [-0.2, 0) is 0 Å². The molecule has 4 unspecified atom stereocenters. The van der Waals surface area contributed by atoms with Gasteiger partial charge in [-0.15, -0.1) is 0 Å². The van der Waals surface area contributed by atoms with E-state index in [1.54, 1.807) is 6.07 Å². The van der Waals surface area contributed by atoms with Crippen molar-refractivity contribution < 1.29 is 5.11 Å². The molecule has 1 aromatic carbocycles. The fraction of sp³-hybridized carbons (Fsp3) is 0.562. The molecule has 3 heteroatoms. The number of rotatable bonds is 2. The lowest BCUT2D eigenvalue weighted by molar-refractivity contribution is 0.0229. The number of hydrogen-bond acceptors (Lipinski definition) is 2. The van der Waals surface area contributed by atoms with Gasteiger partial charge >= 0.3 is 0 Å². The molecule has 1 aromatic rings. The number of aliphatic hydroxyl groups is 1. The SMILES string of the molecule is Cc1cc(Cl)ccc1C(O)C1(C#N)CC2CCC1C2. The highest BCUT2D eigenvalue weighted by Gasteiger charge is 2.55. The Labute approximate surface area is 119 Å². The van der Waals surface area contributed by atoms with Crippen LogP contribution in [0.4, 0.5) is 0 Å². The third kappa shape index (κ3) is 1.88. The second-order valence-corrected chi connectivity index (χ2v) is 6.57. The van der Waals surface area contributed by atoms with Gasteiger partial charge in [0.15, 0.2) is 0 Å². The zero-order valence-electron chi connectivity index (χ0n) is 11.1. The molecule has 100 valence electrons. The van der Waals surface area contributed by atoms with Gasteiger partial charge < -0.3 is 5.11 Å². The molecule has 0 saturated heterocycles. The highest BCUT2D eigenvalue weighted by Crippen LogP contribution is 2.60. The maximum atomic E-state index is 10.8. The standard InChI is InChI=1S/C16H18ClNO/c1-10-6-13(17)4-5-14(10)15(19)16(9-18)8-11-2-3-12(16)7-11/h4-6,11-12,15,19H,2-3,7-8H2,1H3. The van der Waals surface area contributed by atoms with Crippen molar-refractivity contribution in [2.75, 3.05) is 0 Å². The van der Waals surface area contributed by atoms with Gasteiger partial charge in [0.05, 0.1) is 17.6 Å². The summed E-state index contributed by atoms with van der Waals surface area (Å²) in [7, 11) is 0. The van der Waals surface area contributed by atoms with Gasteiger partial charge in [0.2, 0.25) is 0 Å². The van der Waals surface area contributed by atoms with Crippen LogP contribution in [0.25, 0.3) is 0 Å². The minimum absolute atomic E-state index is 0.354. The molecule has 19 heavy (non-hydrogen) atoms. The van der Waals surface area contributed by atoms with Crippen molar-refractivity contribution in [3.63, 3.8) is 0 Å². The van der Waals surface area contributed by atoms with Crippen molar-refractivity contribution in [2.24, 2.45) is 17.3 Å². The predicted molar refractivity (Wildman–Crippen MR) is 74.6 cm³/mol. The summed E-state index contributed by atoms with van der Waals surface area (Å²) in [5, 5.41) is 21.2. The van der Waals surface area contributed by atoms with Crippen LogP contribution < -0.4 is 0 Å². The number of aryl methyl sites for hydroxylation is 1. The summed E-state index contributed by atoms with van der Waals surface area (Å²) >= 11 is 5.97. The summed E-state index contributed by atoms with van der Waals surface area (Å²) < 4.78 is 0. The van der Waals surface area contributed by atoms with Crippen molar-refractivity contribution in [1.82, 2.24) is 0 Å². The van der Waals surface area contributed by atoms with Crippen LogP contribution in [0.2, 0.25) is 5.02 Å². The molecule has 0 spiro atoms. The fourth-order valence-electron chi connectivity index (χ4n) is 4.13. The zero-order chi connectivity index (χ0) is 13.6. The highest BCUT2D eigenvalue weighted by molar-refractivity contribution is 6.30. The monoisotopic (exact) mass is 275 g/mol. The van der Waals surface area contributed by atoms with E-state index in [1.807, 2.05) is 19.1 Å². The quantitative estimate of drug-likeness (QED) is 0.886. The third-order valence-electron chi connectivity index (χ3n) is 5.12. The van der Waals surface area contributed by atoms with Crippen molar-refractivity contribution in [3.8, 4) is 6.07 Å². The lowest BCUT2D eigenvalue weighted by atomic mass is 9.68. The molecule has 2 saturated carbocycles. The topological polar surface area (TPSA) is 44.0 Å². The number of nitrogens with zero attached hydrogens (tertiary/aromatic N) is 1. The molecule has 2 aliphatic carbocycles. The summed E-state index contributed by atoms with van der Waals surface area (Å²) in [5.74, 6) is 0.986. The zero-order valence-corrected chi connectivity index (χ0v) is 11.8. The Morgan fingerprint density at radius 3 is 2.79 bits per heavy atom. The number of fused-ring (bicyclic) bond motifs is 2. The summed E-state index contributed by atoms with van der Waals surface area (Å²) in [6.07, 6.45) is 3.57. The fourth-order valence-corrected chi connectivity index (χ4v) is 4.36. The Morgan fingerprint density at radius 1 is 1.47 bits per heavy atom. The van der Waals surface area contributed by atoms with Crippen LogP contribution in [-0.4, -0.2) is 5.11 Å². The molecule has 4 atom stereocenters. The van der Waals surface area contributed by atoms with E-state index < -0.39 is 11.5 Å². The average molecular weight is 276 g/mol. The number of hydrogen-bond donors (Lipinski definition) is 1. The van der Waals surface area contributed by atoms with Gasteiger partial charge in [-0.05, 0) is 61.3 Å². The van der Waals surface area contributed by atoms with Gasteiger partial charge in [-0.3, -0.25) is 0 Å². The maximum Gasteiger partial charge on any atom is 0.0981 e. The van der Waals surface area contributed by atoms with Gasteiger partial charge in [-0.2, -0.15) is 5.26 Å². The molecule has 2 bridgehead atoms. The van der Waals surface area contributed by atoms with Crippen LogP contribution in [0.3, 0.4) is 0 Å². The summed E-state index contributed by atoms with van der Waals surface area (Å²) in [4.78, 5) is 0. The summed E-state index contributed by atoms with van der Waals surface area (Å²) in [5.41, 5.74) is 1.25. The van der Waals surface area contributed by atoms with E-state index in [4.69, 9.17) is 11.6 Å². The Kier molecular flexibility index (Phi) is 3.08. The van der Waals surface area contributed by atoms with Crippen LogP contribution in [0, 0.1) is 35.5 Å². The van der Waals surface area contributed by atoms with E-state index in [0.29, 0.717) is 16.9 Å². The van der Waals surface area contributed by atoms with Crippen molar-refractivity contribution in [1.29, 1.82) is 5.26 Å². The molecule has 0 radical (unpaired) electrons. The van der Waals surface area contributed by atoms with Gasteiger partial charge in [0.1, 0.15) is 0 Å². The first-order valence-electron chi connectivity index (χ1n) is 6.92. The van der Waals surface area contributed by atoms with E-state index in [1.165, 1.54) is 6.42 Å². The van der Waals surface area contributed by atoms with Gasteiger partial charge in [-0.25, -0.2) is 0 Å². The van der Waals surface area contributed by atoms with E-state index in [2.05, 4.69) is 6.07 Å². The Balaban J connectivity index is 1.99. The first kappa shape index (κ1) is 13.0. The lowest BCUT2D eigenvalue weighted by Gasteiger charge is -2.36. The lowest BCUT2D eigenvalue weighted by Crippen LogP contribution is -2.33. The first-order chi connectivity index (χ1) is 9.06. The normalized spacial score (nSPS) is 34.2. The van der Waals surface area contributed by atoms with Gasteiger partial charge in [0, 0.05) is 5.02 Å². The molecular formula is C16H18ClNO. The predicted octanol–water partition coefficient (Wildman–Crippen LogP) is 4.01. The molecule has 0 aliphatic heterocycles. The first-order valence-corrected chi connectivity index (χ1v) is 7.30. The van der Waals surface area contributed by atoms with Crippen LogP contribution >= 0.6 is 11.6 Å². The molecule has 2 aliphatic rings. The average Bonchev–Trinajstić information content (AvgIpc) is 2.98. The molecule has 0 heterocycles. The molecular weight excluding hydrogens is 258 g/mol. The van der Waals surface area contributed by atoms with Crippen LogP contribution in [0.5, 0.6) is 0 Å². The van der Waals surface area contributed by atoms with Gasteiger partial charge in [0.25, 0.3) is 0 Å². The van der Waals surface area contributed by atoms with Crippen LogP contribution in [0.15, 0.2) is 18.2 Å². The molecule has 0 aromatic heterocycles. The Morgan fingerprint density at radius 2 is 2.26 bits per heavy atom. The minimum Gasteiger partial charge on any atom is -0.387 e. The smallest absolute Gasteiger partial charge is 0.0981 e. The largest absolute Gasteiger partial charge is 0.387 e. The molecule has 1 N–H and O–H groups in total. The van der Waals surface area contributed by atoms with Crippen LogP contribution in [0.1, 0.15) is 42.9 Å². The highest BCUT2D eigenvalue weighted by atomic mass is 35.5. The molecule has 2 fully saturated rings. The second kappa shape index (κ2) is 4.51. The summed E-state index contributed by atoms with van der Waals surface area (Å²) in [6.45, 7) is 1.95. The molecule has 0 amide bonds. The van der Waals surface area contributed by atoms with E-state index in [9.17, 15) is 10.4 Å². The number of benzene rings is 1. The maximum absolute atomic E-state index is 10.8. The molecule has 3 rings (SSSR count). The third-order valence-corrected chi connectivity index (χ3v) is 5.35. The molecule has 2 nitrogen and oxygen atoms in total. The Bertz CT molecular complexity index is 550. The van der Waals surface area contributed by atoms with E-state index in [0.717, 1.165) is 30.4 Å². The Hall–Kier alpha value is -1.04. The number of aliphatic hydroxyl groups excluding tert-OH is 1. The van der Waals surface area contributed by atoms with E-state index in [-0.39, 0.29) is 0 Å². The van der Waals surface area contributed by atoms with Crippen molar-refractivity contribution in [3.05, 3.63) is 34.3 Å². The van der Waals surface area contributed by atoms with Crippen molar-refractivity contribution in [2.45, 2.75) is 38.7 Å². The van der Waals surface area contributed by atoms with E-state index >= 15 is 0 Å². The summed E-state index contributed by atoms with van der Waals surface area (Å²) in [6, 6.07) is 7.99. The number of nitriles is 1. The second-order valence-electron chi connectivity index (χ2n) is 6.14.